The summed E-state index contributed by atoms with van der Waals surface area (Å²) in [5.74, 6) is 0.383. The third-order valence-electron chi connectivity index (χ3n) is 3.12. The van der Waals surface area contributed by atoms with E-state index in [9.17, 15) is 9.59 Å². The van der Waals surface area contributed by atoms with E-state index in [0.717, 1.165) is 6.42 Å². The maximum Gasteiger partial charge on any atom is 0.248 e. The lowest BCUT2D eigenvalue weighted by atomic mass is 10.0. The van der Waals surface area contributed by atoms with E-state index in [4.69, 9.17) is 16.2 Å². The maximum atomic E-state index is 11.8. The molecule has 0 bridgehead atoms. The van der Waals surface area contributed by atoms with Crippen LogP contribution in [0, 0.1) is 5.92 Å². The molecule has 0 heterocycles. The van der Waals surface area contributed by atoms with Crippen molar-refractivity contribution < 1.29 is 14.3 Å². The highest BCUT2D eigenvalue weighted by Gasteiger charge is 2.12. The minimum atomic E-state index is -0.511. The smallest absolute Gasteiger partial charge is 0.248 e. The van der Waals surface area contributed by atoms with Gasteiger partial charge in [-0.3, -0.25) is 9.59 Å². The van der Waals surface area contributed by atoms with Gasteiger partial charge in [-0.05, 0) is 30.5 Å². The Morgan fingerprint density at radius 3 is 2.64 bits per heavy atom. The number of amides is 2. The fraction of sp³-hybridized carbons (Fsp3) is 0.500. The monoisotopic (exact) mass is 307 g/mol. The molecule has 0 aromatic heterocycles. The van der Waals surface area contributed by atoms with Crippen molar-refractivity contribution >= 4 is 11.8 Å². The van der Waals surface area contributed by atoms with Crippen molar-refractivity contribution in [3.8, 4) is 5.75 Å². The van der Waals surface area contributed by atoms with Gasteiger partial charge in [0.05, 0.1) is 13.0 Å². The molecule has 22 heavy (non-hydrogen) atoms. The number of benzene rings is 1. The van der Waals surface area contributed by atoms with Crippen LogP contribution in [-0.2, 0) is 4.79 Å². The van der Waals surface area contributed by atoms with Gasteiger partial charge in [0.15, 0.2) is 0 Å². The number of hydrogen-bond donors (Lipinski definition) is 3. The summed E-state index contributed by atoms with van der Waals surface area (Å²) in [7, 11) is 0. The van der Waals surface area contributed by atoms with Gasteiger partial charge in [-0.15, -0.1) is 0 Å². The fourth-order valence-corrected chi connectivity index (χ4v) is 2.08. The number of rotatable bonds is 9. The van der Waals surface area contributed by atoms with Crippen molar-refractivity contribution in [1.29, 1.82) is 0 Å². The quantitative estimate of drug-likeness (QED) is 0.633. The second kappa shape index (κ2) is 9.04. The molecule has 5 N–H and O–H groups in total. The average Bonchev–Trinajstić information content (AvgIpc) is 2.46. The summed E-state index contributed by atoms with van der Waals surface area (Å²) < 4.78 is 5.46. The first-order chi connectivity index (χ1) is 10.4. The number of primary amides is 1. The Morgan fingerprint density at radius 2 is 2.05 bits per heavy atom. The lowest BCUT2D eigenvalue weighted by molar-refractivity contribution is -0.122. The SMILES string of the molecule is CC(C)CC(CN)NC(=O)CCOc1cccc(C(N)=O)c1. The van der Waals surface area contributed by atoms with E-state index in [1.165, 1.54) is 0 Å². The summed E-state index contributed by atoms with van der Waals surface area (Å²) in [5.41, 5.74) is 11.2. The van der Waals surface area contributed by atoms with Crippen LogP contribution in [-0.4, -0.2) is 31.0 Å². The Bertz CT molecular complexity index is 503. The Kier molecular flexibility index (Phi) is 7.39. The molecule has 1 atom stereocenters. The van der Waals surface area contributed by atoms with Crippen LogP contribution < -0.4 is 21.5 Å². The van der Waals surface area contributed by atoms with Crippen LogP contribution in [0.3, 0.4) is 0 Å². The van der Waals surface area contributed by atoms with E-state index in [0.29, 0.717) is 23.8 Å². The van der Waals surface area contributed by atoms with E-state index in [2.05, 4.69) is 19.2 Å². The summed E-state index contributed by atoms with van der Waals surface area (Å²) in [6, 6.07) is 6.56. The lowest BCUT2D eigenvalue weighted by Crippen LogP contribution is -2.41. The highest BCUT2D eigenvalue weighted by Crippen LogP contribution is 2.13. The van der Waals surface area contributed by atoms with Crippen molar-refractivity contribution in [1.82, 2.24) is 5.32 Å². The third-order valence-corrected chi connectivity index (χ3v) is 3.12. The minimum absolute atomic E-state index is 0.00862. The molecule has 1 rings (SSSR count). The molecule has 0 aliphatic heterocycles. The lowest BCUT2D eigenvalue weighted by Gasteiger charge is -2.18. The molecule has 6 nitrogen and oxygen atoms in total. The molecule has 1 aromatic carbocycles. The van der Waals surface area contributed by atoms with E-state index in [1.807, 2.05) is 0 Å². The highest BCUT2D eigenvalue weighted by molar-refractivity contribution is 5.93. The number of carbonyl (C=O) groups is 2. The van der Waals surface area contributed by atoms with Gasteiger partial charge >= 0.3 is 0 Å². The van der Waals surface area contributed by atoms with Gasteiger partial charge in [0.25, 0.3) is 0 Å². The van der Waals surface area contributed by atoms with Crippen molar-refractivity contribution in [3.63, 3.8) is 0 Å². The van der Waals surface area contributed by atoms with E-state index in [-0.39, 0.29) is 25.0 Å². The van der Waals surface area contributed by atoms with Crippen LogP contribution in [0.25, 0.3) is 0 Å². The summed E-state index contributed by atoms with van der Waals surface area (Å²) in [5, 5.41) is 2.90. The minimum Gasteiger partial charge on any atom is -0.493 e. The Morgan fingerprint density at radius 1 is 1.32 bits per heavy atom. The predicted octanol–water partition coefficient (Wildman–Crippen LogP) is 1.04. The summed E-state index contributed by atoms with van der Waals surface area (Å²) in [6.45, 7) is 4.83. The molecule has 1 aromatic rings. The summed E-state index contributed by atoms with van der Waals surface area (Å²) in [4.78, 5) is 22.9. The van der Waals surface area contributed by atoms with Gasteiger partial charge in [0.2, 0.25) is 11.8 Å². The van der Waals surface area contributed by atoms with Crippen LogP contribution in [0.15, 0.2) is 24.3 Å². The molecule has 0 radical (unpaired) electrons. The summed E-state index contributed by atoms with van der Waals surface area (Å²) in [6.07, 6.45) is 1.08. The Labute approximate surface area is 131 Å². The van der Waals surface area contributed by atoms with Crippen molar-refractivity contribution in [2.24, 2.45) is 17.4 Å². The molecule has 122 valence electrons. The zero-order chi connectivity index (χ0) is 16.5. The zero-order valence-electron chi connectivity index (χ0n) is 13.2. The average molecular weight is 307 g/mol. The van der Waals surface area contributed by atoms with Crippen LogP contribution in [0.5, 0.6) is 5.75 Å². The molecular weight excluding hydrogens is 282 g/mol. The molecule has 0 fully saturated rings. The molecule has 2 amide bonds. The van der Waals surface area contributed by atoms with Gasteiger partial charge in [-0.2, -0.15) is 0 Å². The van der Waals surface area contributed by atoms with Crippen LogP contribution in [0.1, 0.15) is 37.0 Å². The third kappa shape index (κ3) is 6.58. The van der Waals surface area contributed by atoms with Gasteiger partial charge in [0, 0.05) is 18.2 Å². The number of nitrogens with two attached hydrogens (primary N) is 2. The molecule has 0 saturated carbocycles. The van der Waals surface area contributed by atoms with Gasteiger partial charge in [-0.25, -0.2) is 0 Å². The van der Waals surface area contributed by atoms with Crippen molar-refractivity contribution in [2.45, 2.75) is 32.7 Å². The fourth-order valence-electron chi connectivity index (χ4n) is 2.08. The van der Waals surface area contributed by atoms with Crippen LogP contribution >= 0.6 is 0 Å². The van der Waals surface area contributed by atoms with Gasteiger partial charge < -0.3 is 21.5 Å². The zero-order valence-corrected chi connectivity index (χ0v) is 13.2. The molecule has 0 spiro atoms. The molecule has 6 heteroatoms. The molecule has 0 aliphatic carbocycles. The van der Waals surface area contributed by atoms with Gasteiger partial charge in [-0.1, -0.05) is 19.9 Å². The first-order valence-corrected chi connectivity index (χ1v) is 7.44. The number of nitrogens with one attached hydrogen (secondary N) is 1. The van der Waals surface area contributed by atoms with Crippen LogP contribution in [0.4, 0.5) is 0 Å². The highest BCUT2D eigenvalue weighted by atomic mass is 16.5. The normalized spacial score (nSPS) is 12.0. The first-order valence-electron chi connectivity index (χ1n) is 7.44. The molecular formula is C16H25N3O3. The predicted molar refractivity (Wildman–Crippen MR) is 85.5 cm³/mol. The van der Waals surface area contributed by atoms with Crippen LogP contribution in [0.2, 0.25) is 0 Å². The van der Waals surface area contributed by atoms with E-state index in [1.54, 1.807) is 24.3 Å². The first kappa shape index (κ1) is 18.0. The van der Waals surface area contributed by atoms with Gasteiger partial charge in [0.1, 0.15) is 5.75 Å². The Hall–Kier alpha value is -2.08. The number of carbonyl (C=O) groups excluding carboxylic acids is 2. The number of hydrogen-bond acceptors (Lipinski definition) is 4. The van der Waals surface area contributed by atoms with Crippen molar-refractivity contribution in [3.05, 3.63) is 29.8 Å². The van der Waals surface area contributed by atoms with E-state index >= 15 is 0 Å². The molecule has 0 aliphatic rings. The second-order valence-electron chi connectivity index (χ2n) is 5.62. The van der Waals surface area contributed by atoms with E-state index < -0.39 is 5.91 Å². The summed E-state index contributed by atoms with van der Waals surface area (Å²) >= 11 is 0. The second-order valence-corrected chi connectivity index (χ2v) is 5.62. The standard InChI is InChI=1S/C16H25N3O3/c1-11(2)8-13(10-17)19-15(20)6-7-22-14-5-3-4-12(9-14)16(18)21/h3-5,9,11,13H,6-8,10,17H2,1-2H3,(H2,18,21)(H,19,20). The largest absolute Gasteiger partial charge is 0.493 e. The molecule has 0 saturated heterocycles. The molecule has 1 unspecified atom stereocenters. The topological polar surface area (TPSA) is 107 Å². The van der Waals surface area contributed by atoms with Crippen molar-refractivity contribution in [2.75, 3.05) is 13.2 Å². The number of ether oxygens (including phenoxy) is 1. The Balaban J connectivity index is 2.38. The maximum absolute atomic E-state index is 11.8.